The van der Waals surface area contributed by atoms with Gasteiger partial charge in [-0.1, -0.05) is 12.1 Å². The summed E-state index contributed by atoms with van der Waals surface area (Å²) in [6.07, 6.45) is 3.29. The van der Waals surface area contributed by atoms with Crippen molar-refractivity contribution in [2.24, 2.45) is 0 Å². The van der Waals surface area contributed by atoms with E-state index in [1.165, 1.54) is 12.0 Å². The van der Waals surface area contributed by atoms with Crippen molar-refractivity contribution in [3.8, 4) is 0 Å². The van der Waals surface area contributed by atoms with E-state index in [4.69, 9.17) is 0 Å². The van der Waals surface area contributed by atoms with Gasteiger partial charge in [-0.05, 0) is 70.7 Å². The van der Waals surface area contributed by atoms with Gasteiger partial charge in [0, 0.05) is 12.2 Å². The molecule has 0 aliphatic carbocycles. The Morgan fingerprint density at radius 3 is 2.76 bits per heavy atom. The number of rotatable bonds is 6. The standard InChI is InChI=1S/C19H27N5O/c1-23(2)12-10-14-6-8-15(9-7-14)20-19(25)17-13-16(21-22-17)18-5-4-11-24(18)3/h6-9,13,18H,4-5,10-12H2,1-3H3,(H,20,25)(H,21,22)/t18-/m0/s1. The van der Waals surface area contributed by atoms with Gasteiger partial charge in [-0.3, -0.25) is 14.8 Å². The van der Waals surface area contributed by atoms with Crippen molar-refractivity contribution in [3.05, 3.63) is 47.3 Å². The highest BCUT2D eigenvalue weighted by Crippen LogP contribution is 2.29. The lowest BCUT2D eigenvalue weighted by molar-refractivity contribution is 0.102. The highest BCUT2D eigenvalue weighted by atomic mass is 16.1. The zero-order valence-electron chi connectivity index (χ0n) is 15.2. The molecular formula is C19H27N5O. The quantitative estimate of drug-likeness (QED) is 0.847. The smallest absolute Gasteiger partial charge is 0.276 e. The lowest BCUT2D eigenvalue weighted by atomic mass is 10.1. The molecule has 3 rings (SSSR count). The van der Waals surface area contributed by atoms with Gasteiger partial charge in [-0.15, -0.1) is 0 Å². The first-order chi connectivity index (χ1) is 12.0. The summed E-state index contributed by atoms with van der Waals surface area (Å²) >= 11 is 0. The van der Waals surface area contributed by atoms with Crippen LogP contribution in [-0.2, 0) is 6.42 Å². The van der Waals surface area contributed by atoms with Crippen LogP contribution < -0.4 is 5.32 Å². The largest absolute Gasteiger partial charge is 0.321 e. The van der Waals surface area contributed by atoms with Crippen LogP contribution in [0.25, 0.3) is 0 Å². The second-order valence-electron chi connectivity index (χ2n) is 7.05. The fourth-order valence-corrected chi connectivity index (χ4v) is 3.23. The van der Waals surface area contributed by atoms with Crippen molar-refractivity contribution in [1.82, 2.24) is 20.0 Å². The van der Waals surface area contributed by atoms with E-state index in [0.717, 1.165) is 37.3 Å². The number of carbonyl (C=O) groups is 1. The van der Waals surface area contributed by atoms with E-state index in [1.807, 2.05) is 18.2 Å². The normalized spacial score (nSPS) is 18.0. The Hall–Kier alpha value is -2.18. The van der Waals surface area contributed by atoms with E-state index in [0.29, 0.717) is 11.7 Å². The predicted octanol–water partition coefficient (Wildman–Crippen LogP) is 2.53. The number of likely N-dealkylation sites (tertiary alicyclic amines) is 1. The fraction of sp³-hybridized carbons (Fsp3) is 0.474. The Bertz CT molecular complexity index is 707. The predicted molar refractivity (Wildman–Crippen MR) is 99.8 cm³/mol. The first-order valence-electron chi connectivity index (χ1n) is 8.83. The van der Waals surface area contributed by atoms with Gasteiger partial charge in [-0.2, -0.15) is 5.10 Å². The number of nitrogens with one attached hydrogen (secondary N) is 2. The number of likely N-dealkylation sites (N-methyl/N-ethyl adjacent to an activating group) is 1. The van der Waals surface area contributed by atoms with E-state index in [-0.39, 0.29) is 5.91 Å². The number of anilines is 1. The first kappa shape index (κ1) is 17.6. The van der Waals surface area contributed by atoms with Crippen molar-refractivity contribution in [2.75, 3.05) is 39.5 Å². The molecular weight excluding hydrogens is 314 g/mol. The van der Waals surface area contributed by atoms with Crippen LogP contribution >= 0.6 is 0 Å². The Morgan fingerprint density at radius 1 is 1.36 bits per heavy atom. The Morgan fingerprint density at radius 2 is 2.12 bits per heavy atom. The molecule has 1 aromatic carbocycles. The van der Waals surface area contributed by atoms with E-state index >= 15 is 0 Å². The molecule has 1 fully saturated rings. The first-order valence-corrected chi connectivity index (χ1v) is 8.83. The molecule has 134 valence electrons. The zero-order chi connectivity index (χ0) is 17.8. The minimum Gasteiger partial charge on any atom is -0.321 e. The molecule has 0 saturated carbocycles. The second-order valence-corrected chi connectivity index (χ2v) is 7.05. The molecule has 0 bridgehead atoms. The summed E-state index contributed by atoms with van der Waals surface area (Å²) in [4.78, 5) is 16.9. The monoisotopic (exact) mass is 341 g/mol. The van der Waals surface area contributed by atoms with Crippen LogP contribution in [0, 0.1) is 0 Å². The van der Waals surface area contributed by atoms with Crippen LogP contribution in [0.2, 0.25) is 0 Å². The SMILES string of the molecule is CN(C)CCc1ccc(NC(=O)c2cc([C@@H]3CCCN3C)[nH]n2)cc1. The molecule has 6 nitrogen and oxygen atoms in total. The van der Waals surface area contributed by atoms with Crippen molar-refractivity contribution < 1.29 is 4.79 Å². The average molecular weight is 341 g/mol. The number of benzene rings is 1. The summed E-state index contributed by atoms with van der Waals surface area (Å²) in [5.41, 5.74) is 3.51. The van der Waals surface area contributed by atoms with Gasteiger partial charge < -0.3 is 10.2 Å². The van der Waals surface area contributed by atoms with E-state index < -0.39 is 0 Å². The Balaban J connectivity index is 1.59. The van der Waals surface area contributed by atoms with E-state index in [2.05, 4.69) is 58.6 Å². The number of hydrogen-bond acceptors (Lipinski definition) is 4. The van der Waals surface area contributed by atoms with Crippen LogP contribution in [0.4, 0.5) is 5.69 Å². The topological polar surface area (TPSA) is 64.3 Å². The number of amides is 1. The maximum atomic E-state index is 12.4. The number of H-pyrrole nitrogens is 1. The van der Waals surface area contributed by atoms with Crippen molar-refractivity contribution in [1.29, 1.82) is 0 Å². The summed E-state index contributed by atoms with van der Waals surface area (Å²) in [7, 11) is 6.24. The summed E-state index contributed by atoms with van der Waals surface area (Å²) in [6, 6.07) is 10.2. The average Bonchev–Trinajstić information content (AvgIpc) is 3.22. The molecule has 1 aliphatic rings. The molecule has 6 heteroatoms. The molecule has 1 aliphatic heterocycles. The van der Waals surface area contributed by atoms with Gasteiger partial charge in [0.2, 0.25) is 0 Å². The molecule has 25 heavy (non-hydrogen) atoms. The van der Waals surface area contributed by atoms with Crippen LogP contribution in [0.5, 0.6) is 0 Å². The minimum atomic E-state index is -0.177. The van der Waals surface area contributed by atoms with Crippen LogP contribution in [-0.4, -0.2) is 60.1 Å². The van der Waals surface area contributed by atoms with Crippen LogP contribution in [0.3, 0.4) is 0 Å². The third kappa shape index (κ3) is 4.46. The van der Waals surface area contributed by atoms with E-state index in [1.54, 1.807) is 0 Å². The van der Waals surface area contributed by atoms with Crippen molar-refractivity contribution >= 4 is 11.6 Å². The molecule has 0 radical (unpaired) electrons. The molecule has 1 saturated heterocycles. The highest BCUT2D eigenvalue weighted by molar-refractivity contribution is 6.02. The van der Waals surface area contributed by atoms with Crippen LogP contribution in [0.1, 0.15) is 40.6 Å². The molecule has 1 aromatic heterocycles. The molecule has 1 amide bonds. The molecule has 1 atom stereocenters. The minimum absolute atomic E-state index is 0.177. The zero-order valence-corrected chi connectivity index (χ0v) is 15.2. The number of carbonyl (C=O) groups excluding carboxylic acids is 1. The number of aromatic nitrogens is 2. The summed E-state index contributed by atoms with van der Waals surface area (Å²) < 4.78 is 0. The Kier molecular flexibility index (Phi) is 5.50. The molecule has 0 unspecified atom stereocenters. The lowest BCUT2D eigenvalue weighted by Gasteiger charge is -2.16. The third-order valence-electron chi connectivity index (χ3n) is 4.77. The summed E-state index contributed by atoms with van der Waals surface area (Å²) in [5, 5.41) is 10.1. The second kappa shape index (κ2) is 7.80. The number of hydrogen-bond donors (Lipinski definition) is 2. The molecule has 2 heterocycles. The molecule has 2 N–H and O–H groups in total. The van der Waals surface area contributed by atoms with Gasteiger partial charge in [0.15, 0.2) is 5.69 Å². The molecule has 0 spiro atoms. The fourth-order valence-electron chi connectivity index (χ4n) is 3.23. The van der Waals surface area contributed by atoms with Gasteiger partial charge >= 0.3 is 0 Å². The number of nitrogens with zero attached hydrogens (tertiary/aromatic N) is 3. The Labute approximate surface area is 149 Å². The highest BCUT2D eigenvalue weighted by Gasteiger charge is 2.25. The van der Waals surface area contributed by atoms with Gasteiger partial charge in [0.1, 0.15) is 0 Å². The van der Waals surface area contributed by atoms with Gasteiger partial charge in [0.25, 0.3) is 5.91 Å². The summed E-state index contributed by atoms with van der Waals surface area (Å²) in [6.45, 7) is 2.10. The van der Waals surface area contributed by atoms with Gasteiger partial charge in [-0.25, -0.2) is 0 Å². The van der Waals surface area contributed by atoms with Crippen LogP contribution in [0.15, 0.2) is 30.3 Å². The van der Waals surface area contributed by atoms with Crippen molar-refractivity contribution in [2.45, 2.75) is 25.3 Å². The maximum absolute atomic E-state index is 12.4. The molecule has 2 aromatic rings. The van der Waals surface area contributed by atoms with Gasteiger partial charge in [0.05, 0.1) is 11.7 Å². The van der Waals surface area contributed by atoms with E-state index in [9.17, 15) is 4.79 Å². The summed E-state index contributed by atoms with van der Waals surface area (Å²) in [5.74, 6) is -0.177. The third-order valence-corrected chi connectivity index (χ3v) is 4.77. The lowest BCUT2D eigenvalue weighted by Crippen LogP contribution is -2.17. The van der Waals surface area contributed by atoms with Crippen molar-refractivity contribution in [3.63, 3.8) is 0 Å². The maximum Gasteiger partial charge on any atom is 0.276 e. The number of aromatic amines is 1.